The summed E-state index contributed by atoms with van der Waals surface area (Å²) < 4.78 is 4.20. The van der Waals surface area contributed by atoms with Crippen molar-refractivity contribution in [3.05, 3.63) is 35.7 Å². The molecule has 5 nitrogen and oxygen atoms in total. The van der Waals surface area contributed by atoms with Crippen LogP contribution in [0.3, 0.4) is 0 Å². The van der Waals surface area contributed by atoms with Gasteiger partial charge in [0, 0.05) is 30.9 Å². The van der Waals surface area contributed by atoms with Gasteiger partial charge in [-0.3, -0.25) is 4.79 Å². The monoisotopic (exact) mass is 314 g/mol. The Labute approximate surface area is 137 Å². The van der Waals surface area contributed by atoms with Gasteiger partial charge in [0.15, 0.2) is 12.1 Å². The fourth-order valence-electron chi connectivity index (χ4n) is 3.71. The van der Waals surface area contributed by atoms with E-state index in [0.717, 1.165) is 17.9 Å². The van der Waals surface area contributed by atoms with Crippen LogP contribution in [-0.2, 0) is 12.6 Å². The molecule has 0 N–H and O–H groups in total. The summed E-state index contributed by atoms with van der Waals surface area (Å²) >= 11 is 0. The van der Waals surface area contributed by atoms with Gasteiger partial charge in [-0.2, -0.15) is 0 Å². The third kappa shape index (κ3) is 2.96. The maximum atomic E-state index is 10.9. The summed E-state index contributed by atoms with van der Waals surface area (Å²) in [4.78, 5) is 10.9. The van der Waals surface area contributed by atoms with Gasteiger partial charge in [0.05, 0.1) is 5.54 Å². The van der Waals surface area contributed by atoms with E-state index in [9.17, 15) is 4.79 Å². The summed E-state index contributed by atoms with van der Waals surface area (Å²) in [6.45, 7) is 4.23. The highest BCUT2D eigenvalue weighted by Gasteiger charge is 2.31. The molecular weight excluding hydrogens is 288 g/mol. The summed E-state index contributed by atoms with van der Waals surface area (Å²) in [6.07, 6.45) is 12.4. The van der Waals surface area contributed by atoms with E-state index in [-0.39, 0.29) is 5.54 Å². The second-order valence-corrected chi connectivity index (χ2v) is 7.16. The third-order valence-electron chi connectivity index (χ3n) is 5.17. The Balaban J connectivity index is 1.92. The summed E-state index contributed by atoms with van der Waals surface area (Å²) in [7, 11) is 2.07. The minimum absolute atomic E-state index is 0.341. The zero-order valence-corrected chi connectivity index (χ0v) is 14.3. The number of aldehydes is 1. The number of carbonyl (C=O) groups is 1. The third-order valence-corrected chi connectivity index (χ3v) is 5.17. The molecule has 0 unspecified atom stereocenters. The lowest BCUT2D eigenvalue weighted by molar-refractivity contribution is 0.112. The summed E-state index contributed by atoms with van der Waals surface area (Å²) in [5.74, 6) is 2.57. The summed E-state index contributed by atoms with van der Waals surface area (Å²) in [5, 5.41) is 9.04. The molecule has 0 atom stereocenters. The van der Waals surface area contributed by atoms with Gasteiger partial charge in [0.25, 0.3) is 0 Å². The molecule has 0 aliphatic heterocycles. The molecule has 0 amide bonds. The number of rotatable bonds is 4. The van der Waals surface area contributed by atoms with Crippen molar-refractivity contribution in [2.24, 2.45) is 7.05 Å². The molecule has 1 fully saturated rings. The Morgan fingerprint density at radius 3 is 2.48 bits per heavy atom. The topological polar surface area (TPSA) is 52.7 Å². The van der Waals surface area contributed by atoms with Gasteiger partial charge in [0.1, 0.15) is 5.82 Å². The van der Waals surface area contributed by atoms with Gasteiger partial charge in [-0.1, -0.05) is 25.7 Å². The average molecular weight is 314 g/mol. The van der Waals surface area contributed by atoms with Crippen LogP contribution in [0, 0.1) is 0 Å². The van der Waals surface area contributed by atoms with Crippen LogP contribution in [0.1, 0.15) is 80.3 Å². The van der Waals surface area contributed by atoms with Gasteiger partial charge in [-0.25, -0.2) is 0 Å². The molecule has 2 aromatic heterocycles. The molecular formula is C18H26N4O. The van der Waals surface area contributed by atoms with Gasteiger partial charge >= 0.3 is 0 Å². The average Bonchev–Trinajstić information content (AvgIpc) is 3.08. The minimum atomic E-state index is -0.341. The lowest BCUT2D eigenvalue weighted by Gasteiger charge is -2.26. The Hall–Kier alpha value is -1.91. The van der Waals surface area contributed by atoms with Crippen molar-refractivity contribution in [2.45, 2.75) is 63.8 Å². The molecule has 0 bridgehead atoms. The molecule has 1 saturated carbocycles. The van der Waals surface area contributed by atoms with Gasteiger partial charge in [-0.15, -0.1) is 10.2 Å². The highest BCUT2D eigenvalue weighted by atomic mass is 16.1. The zero-order valence-electron chi connectivity index (χ0n) is 14.3. The molecule has 2 aromatic rings. The quantitative estimate of drug-likeness (QED) is 0.639. The van der Waals surface area contributed by atoms with Crippen LogP contribution < -0.4 is 0 Å². The first-order valence-corrected chi connectivity index (χ1v) is 8.57. The Morgan fingerprint density at radius 2 is 1.87 bits per heavy atom. The number of nitrogens with zero attached hydrogens (tertiary/aromatic N) is 4. The molecule has 1 aliphatic carbocycles. The van der Waals surface area contributed by atoms with Crippen LogP contribution in [0.25, 0.3) is 0 Å². The number of hydrogen-bond acceptors (Lipinski definition) is 3. The van der Waals surface area contributed by atoms with Gasteiger partial charge in [-0.05, 0) is 32.8 Å². The van der Waals surface area contributed by atoms with Crippen LogP contribution >= 0.6 is 0 Å². The number of hydrogen-bond donors (Lipinski definition) is 0. The minimum Gasteiger partial charge on any atom is -0.341 e. The van der Waals surface area contributed by atoms with Crippen molar-refractivity contribution in [3.8, 4) is 0 Å². The Kier molecular flexibility index (Phi) is 4.37. The van der Waals surface area contributed by atoms with E-state index >= 15 is 0 Å². The van der Waals surface area contributed by atoms with Crippen molar-refractivity contribution < 1.29 is 4.79 Å². The number of carbonyl (C=O) groups excluding carboxylic acids is 1. The van der Waals surface area contributed by atoms with Crippen LogP contribution in [0.5, 0.6) is 0 Å². The molecule has 0 aromatic carbocycles. The van der Waals surface area contributed by atoms with Crippen molar-refractivity contribution in [1.29, 1.82) is 0 Å². The second kappa shape index (κ2) is 6.30. The predicted molar refractivity (Wildman–Crippen MR) is 89.7 cm³/mol. The fourth-order valence-corrected chi connectivity index (χ4v) is 3.71. The molecule has 1 aliphatic rings. The highest BCUT2D eigenvalue weighted by Crippen LogP contribution is 2.32. The first kappa shape index (κ1) is 16.0. The maximum Gasteiger partial charge on any atom is 0.158 e. The largest absolute Gasteiger partial charge is 0.341 e. The SMILES string of the molecule is Cn1c(C2CCCCCC2)nnc1C(C)(C)n1ccc(C=O)c1. The van der Waals surface area contributed by atoms with Crippen LogP contribution in [0.2, 0.25) is 0 Å². The molecule has 5 heteroatoms. The van der Waals surface area contributed by atoms with Crippen molar-refractivity contribution >= 4 is 6.29 Å². The van der Waals surface area contributed by atoms with E-state index in [1.807, 2.05) is 23.0 Å². The van der Waals surface area contributed by atoms with E-state index in [2.05, 4.69) is 35.7 Å². The van der Waals surface area contributed by atoms with Gasteiger partial charge < -0.3 is 9.13 Å². The first-order chi connectivity index (χ1) is 11.0. The molecule has 23 heavy (non-hydrogen) atoms. The lowest BCUT2D eigenvalue weighted by Crippen LogP contribution is -2.30. The lowest BCUT2D eigenvalue weighted by atomic mass is 9.99. The van der Waals surface area contributed by atoms with E-state index in [1.54, 1.807) is 0 Å². The van der Waals surface area contributed by atoms with Crippen LogP contribution in [-0.4, -0.2) is 25.6 Å². The first-order valence-electron chi connectivity index (χ1n) is 8.57. The van der Waals surface area contributed by atoms with Crippen LogP contribution in [0.4, 0.5) is 0 Å². The van der Waals surface area contributed by atoms with E-state index in [4.69, 9.17) is 0 Å². The van der Waals surface area contributed by atoms with E-state index < -0.39 is 0 Å². The Morgan fingerprint density at radius 1 is 1.17 bits per heavy atom. The Bertz CT molecular complexity index is 675. The predicted octanol–water partition coefficient (Wildman–Crippen LogP) is 3.65. The molecule has 2 heterocycles. The fraction of sp³-hybridized carbons (Fsp3) is 0.611. The molecule has 0 radical (unpaired) electrons. The van der Waals surface area contributed by atoms with E-state index in [0.29, 0.717) is 11.5 Å². The van der Waals surface area contributed by atoms with Crippen molar-refractivity contribution in [2.75, 3.05) is 0 Å². The van der Waals surface area contributed by atoms with E-state index in [1.165, 1.54) is 38.5 Å². The summed E-state index contributed by atoms with van der Waals surface area (Å²) in [5.41, 5.74) is 0.343. The number of aromatic nitrogens is 4. The van der Waals surface area contributed by atoms with Crippen molar-refractivity contribution in [1.82, 2.24) is 19.3 Å². The summed E-state index contributed by atoms with van der Waals surface area (Å²) in [6, 6.07) is 1.83. The van der Waals surface area contributed by atoms with Gasteiger partial charge in [0.2, 0.25) is 0 Å². The smallest absolute Gasteiger partial charge is 0.158 e. The highest BCUT2D eigenvalue weighted by molar-refractivity contribution is 5.74. The standard InChI is InChI=1S/C18H26N4O/c1-18(2,22-11-10-14(12-22)13-23)17-20-19-16(21(17)3)15-8-6-4-5-7-9-15/h10-13,15H,4-9H2,1-3H3. The second-order valence-electron chi connectivity index (χ2n) is 7.16. The molecule has 3 rings (SSSR count). The van der Waals surface area contributed by atoms with Crippen molar-refractivity contribution in [3.63, 3.8) is 0 Å². The maximum absolute atomic E-state index is 10.9. The molecule has 124 valence electrons. The zero-order chi connectivity index (χ0) is 16.4. The molecule has 0 spiro atoms. The normalized spacial score (nSPS) is 17.2. The van der Waals surface area contributed by atoms with Crippen LogP contribution in [0.15, 0.2) is 18.5 Å². The molecule has 0 saturated heterocycles.